The highest BCUT2D eigenvalue weighted by Crippen LogP contribution is 2.34. The Balaban J connectivity index is 2.66. The van der Waals surface area contributed by atoms with Gasteiger partial charge >= 0.3 is 0 Å². The van der Waals surface area contributed by atoms with Gasteiger partial charge < -0.3 is 10.8 Å². The zero-order valence-corrected chi connectivity index (χ0v) is 11.5. The first-order chi connectivity index (χ1) is 8.94. The van der Waals surface area contributed by atoms with E-state index in [1.807, 2.05) is 0 Å². The van der Waals surface area contributed by atoms with Crippen LogP contribution in [0.15, 0.2) is 23.1 Å². The fraction of sp³-hybridized carbons (Fsp3) is 0.200. The fourth-order valence-corrected chi connectivity index (χ4v) is 3.04. The van der Waals surface area contributed by atoms with Gasteiger partial charge in [-0.3, -0.25) is 9.11 Å². The summed E-state index contributed by atoms with van der Waals surface area (Å²) in [5.41, 5.74) is 5.78. The van der Waals surface area contributed by atoms with Crippen LogP contribution in [0, 0.1) is 0 Å². The molecule has 1 aromatic rings. The summed E-state index contributed by atoms with van der Waals surface area (Å²) in [6.07, 6.45) is 1.71. The Morgan fingerprint density at radius 3 is 2.25 bits per heavy atom. The second-order valence-corrected chi connectivity index (χ2v) is 7.56. The summed E-state index contributed by atoms with van der Waals surface area (Å²) in [5, 5.41) is 9.69. The normalized spacial score (nSPS) is 22.6. The number of rotatable bonds is 2. The Morgan fingerprint density at radius 1 is 1.15 bits per heavy atom. The van der Waals surface area contributed by atoms with Crippen molar-refractivity contribution in [2.75, 3.05) is 0 Å². The van der Waals surface area contributed by atoms with E-state index in [2.05, 4.69) is 0 Å². The van der Waals surface area contributed by atoms with Crippen LogP contribution in [-0.4, -0.2) is 35.9 Å². The molecule has 1 unspecified atom stereocenters. The highest BCUT2D eigenvalue weighted by atomic mass is 32.2. The average Bonchev–Trinajstić information content (AvgIpc) is 2.25. The van der Waals surface area contributed by atoms with Crippen molar-refractivity contribution in [3.05, 3.63) is 29.3 Å². The molecule has 10 heteroatoms. The van der Waals surface area contributed by atoms with E-state index < -0.39 is 42.2 Å². The molecule has 0 fully saturated rings. The fourth-order valence-electron chi connectivity index (χ4n) is 1.91. The Labute approximate surface area is 115 Å². The van der Waals surface area contributed by atoms with E-state index in [1.165, 1.54) is 0 Å². The van der Waals surface area contributed by atoms with E-state index in [1.54, 1.807) is 0 Å². The predicted molar refractivity (Wildman–Crippen MR) is 69.1 cm³/mol. The molecular formula is C10H11NO7S2. The zero-order chi connectivity index (χ0) is 15.3. The quantitative estimate of drug-likeness (QED) is 0.543. The van der Waals surface area contributed by atoms with Gasteiger partial charge in [-0.25, -0.2) is 0 Å². The van der Waals surface area contributed by atoms with Gasteiger partial charge in [0.1, 0.15) is 5.75 Å². The van der Waals surface area contributed by atoms with Crippen LogP contribution in [0.4, 0.5) is 0 Å². The van der Waals surface area contributed by atoms with Crippen molar-refractivity contribution in [2.45, 2.75) is 16.2 Å². The highest BCUT2D eigenvalue weighted by Gasteiger charge is 2.39. The maximum atomic E-state index is 11.2. The number of fused-ring (bicyclic) bond motifs is 1. The minimum atomic E-state index is -4.63. The summed E-state index contributed by atoms with van der Waals surface area (Å²) in [4.78, 5) is -2.72. The zero-order valence-electron chi connectivity index (χ0n) is 9.88. The molecule has 110 valence electrons. The first kappa shape index (κ1) is 14.9. The van der Waals surface area contributed by atoms with Crippen LogP contribution in [0.2, 0.25) is 0 Å². The molecule has 0 amide bonds. The Kier molecular flexibility index (Phi) is 3.19. The molecule has 0 bridgehead atoms. The van der Waals surface area contributed by atoms with Gasteiger partial charge in [-0.2, -0.15) is 16.8 Å². The number of nitrogens with two attached hydrogens (primary N) is 1. The summed E-state index contributed by atoms with van der Waals surface area (Å²) in [6, 6.07) is 1.82. The van der Waals surface area contributed by atoms with E-state index in [0.717, 1.165) is 24.3 Å². The van der Waals surface area contributed by atoms with Gasteiger partial charge in [0.25, 0.3) is 20.2 Å². The van der Waals surface area contributed by atoms with Crippen molar-refractivity contribution in [3.8, 4) is 5.75 Å². The van der Waals surface area contributed by atoms with Crippen molar-refractivity contribution in [3.63, 3.8) is 0 Å². The van der Waals surface area contributed by atoms with E-state index in [0.29, 0.717) is 0 Å². The second-order valence-electron chi connectivity index (χ2n) is 4.43. The molecule has 0 aromatic heterocycles. The first-order valence-corrected chi connectivity index (χ1v) is 8.10. The molecule has 0 radical (unpaired) electrons. The largest absolute Gasteiger partial charge is 0.507 e. The number of phenolic OH excluding ortho intramolecular Hbond substituents is 1. The lowest BCUT2D eigenvalue weighted by Gasteiger charge is -2.27. The van der Waals surface area contributed by atoms with Crippen LogP contribution in [-0.2, 0) is 26.7 Å². The molecule has 0 aliphatic heterocycles. The molecule has 1 aliphatic rings. The first-order valence-electron chi connectivity index (χ1n) is 5.22. The third kappa shape index (κ3) is 2.43. The molecule has 1 aromatic carbocycles. The Morgan fingerprint density at radius 2 is 1.75 bits per heavy atom. The summed E-state index contributed by atoms with van der Waals surface area (Å²) in [5.74, 6) is -0.455. The summed E-state index contributed by atoms with van der Waals surface area (Å²) in [6.45, 7) is 0. The Hall–Kier alpha value is -1.46. The minimum Gasteiger partial charge on any atom is -0.507 e. The van der Waals surface area contributed by atoms with Crippen molar-refractivity contribution >= 4 is 26.3 Å². The molecular weight excluding hydrogens is 310 g/mol. The van der Waals surface area contributed by atoms with Crippen molar-refractivity contribution in [2.24, 2.45) is 5.73 Å². The number of aromatic hydroxyl groups is 1. The average molecular weight is 321 g/mol. The second kappa shape index (κ2) is 4.27. The number of phenols is 1. The summed E-state index contributed by atoms with van der Waals surface area (Å²) >= 11 is 0. The maximum absolute atomic E-state index is 11.2. The molecule has 0 saturated heterocycles. The minimum absolute atomic E-state index is 0.0697. The third-order valence-corrected chi connectivity index (χ3v) is 5.07. The van der Waals surface area contributed by atoms with E-state index in [9.17, 15) is 21.9 Å². The molecule has 5 N–H and O–H groups in total. The predicted octanol–water partition coefficient (Wildman–Crippen LogP) is -0.249. The number of hydrogen-bond acceptors (Lipinski definition) is 6. The summed E-state index contributed by atoms with van der Waals surface area (Å²) in [7, 11) is -9.20. The molecule has 0 saturated carbocycles. The molecule has 2 rings (SSSR count). The standard InChI is InChI=1S/C10H11NO7S2/c11-10(20(16,17)18)2-1-8-6(5-10)3-7(4-9(8)12)19(13,14)15/h1-4,12H,5,11H2,(H,13,14,15)(H,16,17,18). The lowest BCUT2D eigenvalue weighted by molar-refractivity contribution is 0.443. The molecule has 20 heavy (non-hydrogen) atoms. The van der Waals surface area contributed by atoms with Gasteiger partial charge in [0.05, 0.1) is 4.90 Å². The maximum Gasteiger partial charge on any atom is 0.294 e. The SMILES string of the molecule is NC1(S(=O)(=O)O)C=Cc2c(O)cc(S(=O)(=O)O)cc2C1. The lowest BCUT2D eigenvalue weighted by Crippen LogP contribution is -2.48. The van der Waals surface area contributed by atoms with Crippen LogP contribution in [0.3, 0.4) is 0 Å². The monoisotopic (exact) mass is 321 g/mol. The third-order valence-electron chi connectivity index (χ3n) is 2.99. The van der Waals surface area contributed by atoms with E-state index in [4.69, 9.17) is 14.8 Å². The number of benzene rings is 1. The number of hydrogen-bond donors (Lipinski definition) is 4. The van der Waals surface area contributed by atoms with Crippen molar-refractivity contribution in [1.82, 2.24) is 0 Å². The van der Waals surface area contributed by atoms with Crippen LogP contribution in [0.1, 0.15) is 11.1 Å². The van der Waals surface area contributed by atoms with E-state index in [-0.39, 0.29) is 11.1 Å². The van der Waals surface area contributed by atoms with Gasteiger partial charge in [-0.05, 0) is 17.7 Å². The molecule has 8 nitrogen and oxygen atoms in total. The van der Waals surface area contributed by atoms with Crippen molar-refractivity contribution in [1.29, 1.82) is 0 Å². The molecule has 0 spiro atoms. The topological polar surface area (TPSA) is 155 Å². The molecule has 1 aliphatic carbocycles. The Bertz CT molecular complexity index is 810. The van der Waals surface area contributed by atoms with Gasteiger partial charge in [-0.15, -0.1) is 0 Å². The van der Waals surface area contributed by atoms with Gasteiger partial charge in [0.2, 0.25) is 0 Å². The lowest BCUT2D eigenvalue weighted by atomic mass is 9.93. The van der Waals surface area contributed by atoms with E-state index >= 15 is 0 Å². The van der Waals surface area contributed by atoms with Crippen LogP contribution in [0.5, 0.6) is 5.75 Å². The highest BCUT2D eigenvalue weighted by molar-refractivity contribution is 7.87. The smallest absolute Gasteiger partial charge is 0.294 e. The van der Waals surface area contributed by atoms with Crippen molar-refractivity contribution < 1.29 is 31.0 Å². The molecule has 0 heterocycles. The van der Waals surface area contributed by atoms with Crippen LogP contribution in [0.25, 0.3) is 6.08 Å². The van der Waals surface area contributed by atoms with Crippen LogP contribution >= 0.6 is 0 Å². The molecule has 1 atom stereocenters. The van der Waals surface area contributed by atoms with Gasteiger partial charge in [0, 0.05) is 18.1 Å². The van der Waals surface area contributed by atoms with Gasteiger partial charge in [0.15, 0.2) is 4.87 Å². The van der Waals surface area contributed by atoms with Gasteiger partial charge in [-0.1, -0.05) is 6.08 Å². The summed E-state index contributed by atoms with van der Waals surface area (Å²) < 4.78 is 62.6. The van der Waals surface area contributed by atoms with Crippen LogP contribution < -0.4 is 5.73 Å².